The van der Waals surface area contributed by atoms with Gasteiger partial charge in [0.1, 0.15) is 6.04 Å². The Hall–Kier alpha value is -0.330. The van der Waals surface area contributed by atoms with Crippen LogP contribution in [-0.2, 0) is 0 Å². The minimum atomic E-state index is -4.22. The number of hydrogen-bond acceptors (Lipinski definition) is 3. The van der Waals surface area contributed by atoms with Gasteiger partial charge in [-0.3, -0.25) is 4.90 Å². The highest BCUT2D eigenvalue weighted by Gasteiger charge is 2.43. The summed E-state index contributed by atoms with van der Waals surface area (Å²) in [7, 11) is 3.80. The molecule has 96 valence electrons. The van der Waals surface area contributed by atoms with Gasteiger partial charge < -0.3 is 10.6 Å². The van der Waals surface area contributed by atoms with Crippen molar-refractivity contribution in [3.8, 4) is 0 Å². The van der Waals surface area contributed by atoms with Crippen molar-refractivity contribution < 1.29 is 13.2 Å². The number of nitrogens with zero attached hydrogens (tertiary/aromatic N) is 2. The van der Waals surface area contributed by atoms with E-state index in [1.54, 1.807) is 0 Å². The standard InChI is InChI=1S/C10H20F3N3/c1-15(2)8-4-3-5-16(7-8)9(6-14)10(11,12)13/h8-9H,3-7,14H2,1-2H3. The second-order valence-electron chi connectivity index (χ2n) is 4.55. The Morgan fingerprint density at radius 3 is 2.50 bits per heavy atom. The number of alkyl halides is 3. The molecule has 1 rings (SSSR count). The molecule has 0 aromatic heterocycles. The summed E-state index contributed by atoms with van der Waals surface area (Å²) >= 11 is 0. The van der Waals surface area contributed by atoms with Crippen LogP contribution in [-0.4, -0.2) is 61.8 Å². The van der Waals surface area contributed by atoms with Crippen molar-refractivity contribution in [1.82, 2.24) is 9.80 Å². The number of likely N-dealkylation sites (N-methyl/N-ethyl adjacent to an activating group) is 1. The van der Waals surface area contributed by atoms with Crippen LogP contribution in [0.1, 0.15) is 12.8 Å². The summed E-state index contributed by atoms with van der Waals surface area (Å²) in [6.45, 7) is 0.587. The Bertz CT molecular complexity index is 218. The second kappa shape index (κ2) is 5.33. The predicted molar refractivity (Wildman–Crippen MR) is 57.2 cm³/mol. The van der Waals surface area contributed by atoms with Gasteiger partial charge in [0.05, 0.1) is 0 Å². The Morgan fingerprint density at radius 2 is 2.06 bits per heavy atom. The molecule has 0 aliphatic carbocycles. The Labute approximate surface area is 94.4 Å². The highest BCUT2D eigenvalue weighted by atomic mass is 19.4. The summed E-state index contributed by atoms with van der Waals surface area (Å²) in [6, 6.07) is -1.29. The van der Waals surface area contributed by atoms with Crippen molar-refractivity contribution in [1.29, 1.82) is 0 Å². The van der Waals surface area contributed by atoms with Gasteiger partial charge in [0.15, 0.2) is 0 Å². The fourth-order valence-electron chi connectivity index (χ4n) is 2.18. The Balaban J connectivity index is 2.64. The summed E-state index contributed by atoms with van der Waals surface area (Å²) in [4.78, 5) is 3.45. The van der Waals surface area contributed by atoms with Gasteiger partial charge in [0.25, 0.3) is 0 Å². The van der Waals surface area contributed by atoms with Crippen LogP contribution >= 0.6 is 0 Å². The third kappa shape index (κ3) is 3.33. The Kier molecular flexibility index (Phi) is 4.58. The zero-order valence-corrected chi connectivity index (χ0v) is 9.80. The quantitative estimate of drug-likeness (QED) is 0.794. The maximum absolute atomic E-state index is 12.7. The number of hydrogen-bond donors (Lipinski definition) is 1. The van der Waals surface area contributed by atoms with E-state index in [0.717, 1.165) is 12.8 Å². The molecule has 0 spiro atoms. The van der Waals surface area contributed by atoms with E-state index in [4.69, 9.17) is 5.73 Å². The summed E-state index contributed by atoms with van der Waals surface area (Å²) in [5, 5.41) is 0. The highest BCUT2D eigenvalue weighted by molar-refractivity contribution is 4.86. The van der Waals surface area contributed by atoms with Crippen molar-refractivity contribution >= 4 is 0 Å². The average molecular weight is 239 g/mol. The van der Waals surface area contributed by atoms with E-state index in [1.807, 2.05) is 19.0 Å². The summed E-state index contributed by atoms with van der Waals surface area (Å²) in [5.41, 5.74) is 5.24. The van der Waals surface area contributed by atoms with Gasteiger partial charge in [0, 0.05) is 19.1 Å². The predicted octanol–water partition coefficient (Wildman–Crippen LogP) is 0.902. The number of rotatable bonds is 3. The molecule has 3 nitrogen and oxygen atoms in total. The Morgan fingerprint density at radius 1 is 1.44 bits per heavy atom. The zero-order chi connectivity index (χ0) is 12.3. The maximum Gasteiger partial charge on any atom is 0.405 e. The van der Waals surface area contributed by atoms with Crippen LogP contribution in [0.2, 0.25) is 0 Å². The van der Waals surface area contributed by atoms with E-state index in [0.29, 0.717) is 13.1 Å². The lowest BCUT2D eigenvalue weighted by molar-refractivity contribution is -0.185. The van der Waals surface area contributed by atoms with E-state index in [2.05, 4.69) is 0 Å². The van der Waals surface area contributed by atoms with Crippen molar-refractivity contribution in [3.05, 3.63) is 0 Å². The van der Waals surface area contributed by atoms with Crippen LogP contribution in [0.25, 0.3) is 0 Å². The number of piperidine rings is 1. The summed E-state index contributed by atoms with van der Waals surface area (Å²) in [6.07, 6.45) is -2.46. The molecule has 2 atom stereocenters. The molecule has 16 heavy (non-hydrogen) atoms. The molecule has 2 N–H and O–H groups in total. The first-order valence-corrected chi connectivity index (χ1v) is 5.53. The van der Waals surface area contributed by atoms with Crippen molar-refractivity contribution in [3.63, 3.8) is 0 Å². The van der Waals surface area contributed by atoms with Crippen LogP contribution in [0, 0.1) is 0 Å². The van der Waals surface area contributed by atoms with Crippen LogP contribution < -0.4 is 5.73 Å². The molecule has 6 heteroatoms. The molecular weight excluding hydrogens is 219 g/mol. The van der Waals surface area contributed by atoms with Crippen LogP contribution in [0.4, 0.5) is 13.2 Å². The van der Waals surface area contributed by atoms with Gasteiger partial charge >= 0.3 is 6.18 Å². The van der Waals surface area contributed by atoms with Crippen molar-refractivity contribution in [2.75, 3.05) is 33.7 Å². The SMILES string of the molecule is CN(C)C1CCCN(C(CN)C(F)(F)F)C1. The molecule has 0 saturated carbocycles. The molecule has 0 aromatic rings. The molecule has 0 amide bonds. The minimum Gasteiger partial charge on any atom is -0.329 e. The van der Waals surface area contributed by atoms with Crippen LogP contribution in [0.3, 0.4) is 0 Å². The maximum atomic E-state index is 12.7. The lowest BCUT2D eigenvalue weighted by Gasteiger charge is -2.40. The van der Waals surface area contributed by atoms with E-state index < -0.39 is 12.2 Å². The van der Waals surface area contributed by atoms with Gasteiger partial charge in [0.2, 0.25) is 0 Å². The normalized spacial score (nSPS) is 26.1. The number of nitrogens with two attached hydrogens (primary N) is 1. The van der Waals surface area contributed by atoms with Crippen molar-refractivity contribution in [2.45, 2.75) is 31.1 Å². The molecule has 0 aromatic carbocycles. The molecular formula is C10H20F3N3. The molecule has 0 bridgehead atoms. The lowest BCUT2D eigenvalue weighted by Crippen LogP contribution is -2.56. The largest absolute Gasteiger partial charge is 0.405 e. The molecule has 2 unspecified atom stereocenters. The average Bonchev–Trinajstić information content (AvgIpc) is 2.17. The minimum absolute atomic E-state index is 0.199. The molecule has 1 heterocycles. The van der Waals surface area contributed by atoms with Gasteiger partial charge in [-0.15, -0.1) is 0 Å². The first-order valence-electron chi connectivity index (χ1n) is 5.53. The van der Waals surface area contributed by atoms with E-state index in [9.17, 15) is 13.2 Å². The molecule has 1 fully saturated rings. The first kappa shape index (κ1) is 13.7. The molecule has 1 saturated heterocycles. The van der Waals surface area contributed by atoms with Crippen LogP contribution in [0.5, 0.6) is 0 Å². The molecule has 1 aliphatic rings. The number of halogens is 3. The second-order valence-corrected chi connectivity index (χ2v) is 4.55. The third-order valence-corrected chi connectivity index (χ3v) is 3.20. The molecule has 1 aliphatic heterocycles. The van der Waals surface area contributed by atoms with E-state index >= 15 is 0 Å². The van der Waals surface area contributed by atoms with Gasteiger partial charge in [-0.2, -0.15) is 13.2 Å². The zero-order valence-electron chi connectivity index (χ0n) is 9.80. The summed E-state index contributed by atoms with van der Waals surface area (Å²) in [5.74, 6) is 0. The van der Waals surface area contributed by atoms with Gasteiger partial charge in [-0.1, -0.05) is 0 Å². The fourth-order valence-corrected chi connectivity index (χ4v) is 2.18. The smallest absolute Gasteiger partial charge is 0.329 e. The van der Waals surface area contributed by atoms with Gasteiger partial charge in [-0.05, 0) is 33.5 Å². The first-order chi connectivity index (χ1) is 7.36. The van der Waals surface area contributed by atoms with Gasteiger partial charge in [-0.25, -0.2) is 0 Å². The van der Waals surface area contributed by atoms with Crippen molar-refractivity contribution in [2.24, 2.45) is 5.73 Å². The summed E-state index contributed by atoms with van der Waals surface area (Å²) < 4.78 is 38.1. The van der Waals surface area contributed by atoms with Crippen LogP contribution in [0.15, 0.2) is 0 Å². The fraction of sp³-hybridized carbons (Fsp3) is 1.00. The third-order valence-electron chi connectivity index (χ3n) is 3.20. The van der Waals surface area contributed by atoms with E-state index in [-0.39, 0.29) is 12.6 Å². The highest BCUT2D eigenvalue weighted by Crippen LogP contribution is 2.27. The topological polar surface area (TPSA) is 32.5 Å². The molecule has 0 radical (unpaired) electrons. The monoisotopic (exact) mass is 239 g/mol. The van der Waals surface area contributed by atoms with E-state index in [1.165, 1.54) is 4.90 Å². The number of likely N-dealkylation sites (tertiary alicyclic amines) is 1. The lowest BCUT2D eigenvalue weighted by atomic mass is 10.0.